The summed E-state index contributed by atoms with van der Waals surface area (Å²) < 4.78 is 1.23. The molecule has 0 aromatic carbocycles. The Kier molecular flexibility index (Phi) is 6.17. The quantitative estimate of drug-likeness (QED) is 0.562. The lowest BCUT2D eigenvalue weighted by atomic mass is 10.0. The van der Waals surface area contributed by atoms with Crippen LogP contribution in [0.2, 0.25) is 15.3 Å². The van der Waals surface area contributed by atoms with Crippen molar-refractivity contribution in [3.05, 3.63) is 0 Å². The molecule has 0 aromatic rings. The zero-order valence-corrected chi connectivity index (χ0v) is 10.7. The molecule has 13 heavy (non-hydrogen) atoms. The first kappa shape index (κ1) is 11.6. The summed E-state index contributed by atoms with van der Waals surface area (Å²) in [6, 6.07) is 0. The van der Waals surface area contributed by atoms with E-state index in [2.05, 4.69) is 13.8 Å². The van der Waals surface area contributed by atoms with E-state index in [0.717, 1.165) is 0 Å². The topological polar surface area (TPSA) is 0 Å². The van der Waals surface area contributed by atoms with Crippen molar-refractivity contribution in [2.75, 3.05) is 0 Å². The second-order valence-corrected chi connectivity index (χ2v) is 8.35. The maximum Gasteiger partial charge on any atom is 0.265 e. The third kappa shape index (κ3) is 4.05. The summed E-state index contributed by atoms with van der Waals surface area (Å²) in [5.74, 6) is 0. The third-order valence-electron chi connectivity index (χ3n) is 3.64. The SMILES string of the molecule is CC[CH2][Al]([CH2]CC)[CH]1CCCCC1. The summed E-state index contributed by atoms with van der Waals surface area (Å²) in [5.41, 5.74) is 0. The van der Waals surface area contributed by atoms with E-state index in [1.807, 2.05) is 0 Å². The van der Waals surface area contributed by atoms with Crippen LogP contribution >= 0.6 is 0 Å². The Labute approximate surface area is 88.5 Å². The lowest BCUT2D eigenvalue weighted by Crippen LogP contribution is -2.22. The highest BCUT2D eigenvalue weighted by molar-refractivity contribution is 6.60. The van der Waals surface area contributed by atoms with E-state index in [-0.39, 0.29) is 14.1 Å². The fourth-order valence-corrected chi connectivity index (χ4v) is 7.09. The van der Waals surface area contributed by atoms with Gasteiger partial charge in [0, 0.05) is 0 Å². The molecule has 0 amide bonds. The van der Waals surface area contributed by atoms with Crippen LogP contribution in [0.5, 0.6) is 0 Å². The zero-order chi connectivity index (χ0) is 9.52. The van der Waals surface area contributed by atoms with Crippen LogP contribution in [0.3, 0.4) is 0 Å². The molecule has 0 nitrogen and oxygen atoms in total. The third-order valence-corrected chi connectivity index (χ3v) is 8.27. The van der Waals surface area contributed by atoms with Crippen molar-refractivity contribution < 1.29 is 0 Å². The molecule has 0 spiro atoms. The lowest BCUT2D eigenvalue weighted by molar-refractivity contribution is 0.493. The summed E-state index contributed by atoms with van der Waals surface area (Å²) in [5, 5.41) is 3.25. The average molecular weight is 196 g/mol. The number of hydrogen-bond donors (Lipinski definition) is 0. The molecule has 1 aliphatic carbocycles. The Morgan fingerprint density at radius 1 is 0.923 bits per heavy atom. The van der Waals surface area contributed by atoms with Gasteiger partial charge in [0.15, 0.2) is 0 Å². The molecule has 1 heteroatoms. The Morgan fingerprint density at radius 3 is 1.92 bits per heavy atom. The van der Waals surface area contributed by atoms with E-state index in [0.29, 0.717) is 0 Å². The molecule has 0 bridgehead atoms. The highest BCUT2D eigenvalue weighted by Crippen LogP contribution is 2.34. The van der Waals surface area contributed by atoms with Gasteiger partial charge < -0.3 is 0 Å². The monoisotopic (exact) mass is 196 g/mol. The Balaban J connectivity index is 2.32. The molecule has 1 aliphatic rings. The minimum Gasteiger partial charge on any atom is -0.0939 e. The van der Waals surface area contributed by atoms with Crippen LogP contribution in [-0.2, 0) is 0 Å². The van der Waals surface area contributed by atoms with Crippen molar-refractivity contribution >= 4 is 14.1 Å². The van der Waals surface area contributed by atoms with Crippen LogP contribution in [0, 0.1) is 0 Å². The molecule has 1 rings (SSSR count). The predicted octanol–water partition coefficient (Wildman–Crippen LogP) is 4.64. The van der Waals surface area contributed by atoms with Crippen LogP contribution in [0.1, 0.15) is 58.8 Å². The molecular weight excluding hydrogens is 171 g/mol. The summed E-state index contributed by atoms with van der Waals surface area (Å²) in [4.78, 5) is 0. The van der Waals surface area contributed by atoms with Crippen LogP contribution in [0.4, 0.5) is 0 Å². The molecule has 0 radical (unpaired) electrons. The first-order valence-electron chi connectivity index (χ1n) is 6.38. The Bertz CT molecular complexity index is 110. The highest BCUT2D eigenvalue weighted by atomic mass is 27.2. The maximum atomic E-state index is 2.37. The summed E-state index contributed by atoms with van der Waals surface area (Å²) in [7, 11) is 0. The van der Waals surface area contributed by atoms with Gasteiger partial charge in [0.05, 0.1) is 0 Å². The Hall–Kier alpha value is 0.532. The van der Waals surface area contributed by atoms with Crippen LogP contribution in [-0.4, -0.2) is 14.1 Å². The molecule has 0 unspecified atom stereocenters. The predicted molar refractivity (Wildman–Crippen MR) is 62.8 cm³/mol. The van der Waals surface area contributed by atoms with Crippen molar-refractivity contribution in [2.24, 2.45) is 0 Å². The first-order chi connectivity index (χ1) is 6.38. The number of hydrogen-bond acceptors (Lipinski definition) is 0. The molecular formula is C12H25Al. The summed E-state index contributed by atoms with van der Waals surface area (Å²) in [6.07, 6.45) is 10.7. The van der Waals surface area contributed by atoms with E-state index in [9.17, 15) is 0 Å². The van der Waals surface area contributed by atoms with E-state index in [1.165, 1.54) is 24.0 Å². The highest BCUT2D eigenvalue weighted by Gasteiger charge is 2.27. The standard InChI is InChI=1S/C6H11.2C3H7.Al/c1-2-4-6-5-3-1;2*1-3-2;/h1H,2-6H2;2*1,3H2,2H3;. The van der Waals surface area contributed by atoms with E-state index in [4.69, 9.17) is 0 Å². The minimum absolute atomic E-state index is 0.315. The van der Waals surface area contributed by atoms with Crippen molar-refractivity contribution in [1.29, 1.82) is 0 Å². The molecule has 0 N–H and O–H groups in total. The molecule has 0 atom stereocenters. The van der Waals surface area contributed by atoms with Gasteiger partial charge in [-0.1, -0.05) is 74.1 Å². The van der Waals surface area contributed by atoms with Crippen LogP contribution < -0.4 is 0 Å². The molecule has 1 fully saturated rings. The van der Waals surface area contributed by atoms with Crippen molar-refractivity contribution in [3.8, 4) is 0 Å². The second-order valence-electron chi connectivity index (χ2n) is 4.74. The lowest BCUT2D eigenvalue weighted by Gasteiger charge is -2.26. The first-order valence-corrected chi connectivity index (χ1v) is 8.68. The van der Waals surface area contributed by atoms with Gasteiger partial charge in [-0.2, -0.15) is 0 Å². The van der Waals surface area contributed by atoms with Gasteiger partial charge in [0.1, 0.15) is 0 Å². The molecule has 0 aromatic heterocycles. The fourth-order valence-electron chi connectivity index (χ4n) is 2.96. The van der Waals surface area contributed by atoms with Crippen molar-refractivity contribution in [3.63, 3.8) is 0 Å². The van der Waals surface area contributed by atoms with Gasteiger partial charge in [-0.3, -0.25) is 0 Å². The molecule has 76 valence electrons. The van der Waals surface area contributed by atoms with Gasteiger partial charge in [0.2, 0.25) is 0 Å². The Morgan fingerprint density at radius 2 is 1.46 bits per heavy atom. The van der Waals surface area contributed by atoms with Gasteiger partial charge in [0.25, 0.3) is 14.1 Å². The van der Waals surface area contributed by atoms with Gasteiger partial charge in [-0.05, 0) is 0 Å². The summed E-state index contributed by atoms with van der Waals surface area (Å²) in [6.45, 7) is 4.75. The van der Waals surface area contributed by atoms with Crippen molar-refractivity contribution in [1.82, 2.24) is 0 Å². The van der Waals surface area contributed by atoms with E-state index < -0.39 is 0 Å². The smallest absolute Gasteiger partial charge is 0.0939 e. The zero-order valence-electron chi connectivity index (χ0n) is 9.52. The van der Waals surface area contributed by atoms with Crippen LogP contribution in [0.25, 0.3) is 0 Å². The van der Waals surface area contributed by atoms with Gasteiger partial charge in [-0.25, -0.2) is 0 Å². The van der Waals surface area contributed by atoms with E-state index >= 15 is 0 Å². The van der Waals surface area contributed by atoms with Gasteiger partial charge >= 0.3 is 0 Å². The molecule has 0 heterocycles. The van der Waals surface area contributed by atoms with Gasteiger partial charge in [-0.15, -0.1) is 0 Å². The molecule has 0 saturated heterocycles. The van der Waals surface area contributed by atoms with Crippen LogP contribution in [0.15, 0.2) is 0 Å². The normalized spacial score (nSPS) is 18.9. The number of rotatable bonds is 5. The fraction of sp³-hybridized carbons (Fsp3) is 1.00. The maximum absolute atomic E-state index is 2.37. The molecule has 1 saturated carbocycles. The summed E-state index contributed by atoms with van der Waals surface area (Å²) >= 11 is -0.315. The molecule has 0 aliphatic heterocycles. The average Bonchev–Trinajstić information content (AvgIpc) is 2.19. The van der Waals surface area contributed by atoms with Crippen molar-refractivity contribution in [2.45, 2.75) is 74.1 Å². The van der Waals surface area contributed by atoms with E-state index in [1.54, 1.807) is 36.2 Å². The largest absolute Gasteiger partial charge is 0.265 e. The minimum atomic E-state index is -0.315. The second kappa shape index (κ2) is 6.91.